The van der Waals surface area contributed by atoms with E-state index in [1.165, 1.54) is 24.3 Å². The Morgan fingerprint density at radius 1 is 1.37 bits per heavy atom. The van der Waals surface area contributed by atoms with Gasteiger partial charge in [0, 0.05) is 31.3 Å². The third-order valence-corrected chi connectivity index (χ3v) is 2.89. The Labute approximate surface area is 112 Å². The molecule has 0 spiro atoms. The Bertz CT molecular complexity index is 469. The number of carbonyl (C=O) groups is 1. The molecular formula is C13H19N3O3. The van der Waals surface area contributed by atoms with Gasteiger partial charge in [0.25, 0.3) is 11.6 Å². The van der Waals surface area contributed by atoms with Crippen molar-refractivity contribution in [3.05, 3.63) is 39.9 Å². The molecule has 0 heterocycles. The highest BCUT2D eigenvalue weighted by atomic mass is 16.6. The maximum absolute atomic E-state index is 12.1. The second-order valence-corrected chi connectivity index (χ2v) is 5.33. The van der Waals surface area contributed by atoms with Crippen molar-refractivity contribution in [1.29, 1.82) is 0 Å². The fourth-order valence-electron chi connectivity index (χ4n) is 1.72. The number of nitro benzene ring substituents is 1. The van der Waals surface area contributed by atoms with Crippen molar-refractivity contribution in [2.24, 2.45) is 11.1 Å². The first-order chi connectivity index (χ1) is 8.76. The topological polar surface area (TPSA) is 89.5 Å². The molecule has 1 amide bonds. The Balaban J connectivity index is 2.80. The Hall–Kier alpha value is -1.95. The third kappa shape index (κ3) is 4.03. The van der Waals surface area contributed by atoms with Gasteiger partial charge in [-0.25, -0.2) is 0 Å². The van der Waals surface area contributed by atoms with E-state index in [0.717, 1.165) is 0 Å². The second-order valence-electron chi connectivity index (χ2n) is 5.33. The van der Waals surface area contributed by atoms with Gasteiger partial charge in [-0.1, -0.05) is 13.8 Å². The zero-order valence-electron chi connectivity index (χ0n) is 11.4. The predicted octanol–water partition coefficient (Wildman–Crippen LogP) is 1.65. The molecule has 0 aliphatic carbocycles. The van der Waals surface area contributed by atoms with E-state index in [9.17, 15) is 14.9 Å². The molecule has 6 heteroatoms. The molecule has 1 aromatic rings. The van der Waals surface area contributed by atoms with Gasteiger partial charge >= 0.3 is 0 Å². The highest BCUT2D eigenvalue weighted by Crippen LogP contribution is 2.17. The molecule has 2 N–H and O–H groups in total. The number of hydrogen-bond acceptors (Lipinski definition) is 4. The molecule has 104 valence electrons. The van der Waals surface area contributed by atoms with E-state index in [1.54, 1.807) is 11.9 Å². The lowest BCUT2D eigenvalue weighted by atomic mass is 9.93. The van der Waals surface area contributed by atoms with E-state index in [1.807, 2.05) is 13.8 Å². The summed E-state index contributed by atoms with van der Waals surface area (Å²) < 4.78 is 0. The molecule has 0 aromatic heterocycles. The van der Waals surface area contributed by atoms with Gasteiger partial charge in [-0.2, -0.15) is 0 Å². The number of amides is 1. The zero-order chi connectivity index (χ0) is 14.6. The molecule has 0 unspecified atom stereocenters. The van der Waals surface area contributed by atoms with Crippen LogP contribution in [0.5, 0.6) is 0 Å². The van der Waals surface area contributed by atoms with E-state index in [0.29, 0.717) is 18.7 Å². The maximum atomic E-state index is 12.1. The summed E-state index contributed by atoms with van der Waals surface area (Å²) >= 11 is 0. The number of carbonyl (C=O) groups excluding carboxylic acids is 1. The van der Waals surface area contributed by atoms with Gasteiger partial charge in [0.2, 0.25) is 0 Å². The van der Waals surface area contributed by atoms with Crippen molar-refractivity contribution in [2.45, 2.75) is 13.8 Å². The zero-order valence-corrected chi connectivity index (χ0v) is 11.4. The molecule has 0 saturated heterocycles. The molecule has 0 aliphatic heterocycles. The van der Waals surface area contributed by atoms with Crippen LogP contribution in [0.4, 0.5) is 5.69 Å². The predicted molar refractivity (Wildman–Crippen MR) is 72.9 cm³/mol. The van der Waals surface area contributed by atoms with Crippen LogP contribution in [0.1, 0.15) is 24.2 Å². The fourth-order valence-corrected chi connectivity index (χ4v) is 1.72. The quantitative estimate of drug-likeness (QED) is 0.647. The third-order valence-electron chi connectivity index (χ3n) is 2.89. The first-order valence-corrected chi connectivity index (χ1v) is 5.97. The van der Waals surface area contributed by atoms with Crippen LogP contribution in [0.2, 0.25) is 0 Å². The Morgan fingerprint density at radius 2 is 1.89 bits per heavy atom. The van der Waals surface area contributed by atoms with Crippen molar-refractivity contribution < 1.29 is 9.72 Å². The van der Waals surface area contributed by atoms with E-state index < -0.39 is 4.92 Å². The molecule has 0 fully saturated rings. The van der Waals surface area contributed by atoms with Crippen LogP contribution in [-0.2, 0) is 0 Å². The summed E-state index contributed by atoms with van der Waals surface area (Å²) in [7, 11) is 1.70. The van der Waals surface area contributed by atoms with Crippen LogP contribution in [0, 0.1) is 15.5 Å². The van der Waals surface area contributed by atoms with E-state index >= 15 is 0 Å². The van der Waals surface area contributed by atoms with Crippen LogP contribution >= 0.6 is 0 Å². The number of nitro groups is 1. The first kappa shape index (κ1) is 15.1. The molecule has 6 nitrogen and oxygen atoms in total. The van der Waals surface area contributed by atoms with E-state index in [2.05, 4.69) is 0 Å². The van der Waals surface area contributed by atoms with Gasteiger partial charge in [0.15, 0.2) is 0 Å². The number of hydrogen-bond donors (Lipinski definition) is 1. The van der Waals surface area contributed by atoms with Gasteiger partial charge < -0.3 is 10.6 Å². The molecular weight excluding hydrogens is 246 g/mol. The number of rotatable bonds is 5. The normalized spacial score (nSPS) is 11.2. The first-order valence-electron chi connectivity index (χ1n) is 5.97. The smallest absolute Gasteiger partial charge is 0.269 e. The lowest BCUT2D eigenvalue weighted by molar-refractivity contribution is -0.384. The standard InChI is InChI=1S/C13H19N3O3/c1-13(2,8-14)9-15(3)12(17)10-4-6-11(7-5-10)16(18)19/h4-7H,8-9,14H2,1-3H3. The number of benzene rings is 1. The van der Waals surface area contributed by atoms with Crippen LogP contribution < -0.4 is 5.73 Å². The molecule has 1 aromatic carbocycles. The van der Waals surface area contributed by atoms with Gasteiger partial charge in [-0.3, -0.25) is 14.9 Å². The molecule has 0 atom stereocenters. The monoisotopic (exact) mass is 265 g/mol. The van der Waals surface area contributed by atoms with Crippen LogP contribution in [-0.4, -0.2) is 35.9 Å². The lowest BCUT2D eigenvalue weighted by Crippen LogP contribution is -2.39. The summed E-state index contributed by atoms with van der Waals surface area (Å²) in [5.41, 5.74) is 5.88. The summed E-state index contributed by atoms with van der Waals surface area (Å²) in [4.78, 5) is 23.8. The Kier molecular flexibility index (Phi) is 4.61. The van der Waals surface area contributed by atoms with E-state index in [-0.39, 0.29) is 17.0 Å². The molecule has 0 bridgehead atoms. The fraction of sp³-hybridized carbons (Fsp3) is 0.462. The molecule has 0 radical (unpaired) electrons. The number of non-ortho nitro benzene ring substituents is 1. The SMILES string of the molecule is CN(CC(C)(C)CN)C(=O)c1ccc([N+](=O)[O-])cc1. The summed E-state index contributed by atoms with van der Waals surface area (Å²) in [6.45, 7) is 4.96. The highest BCUT2D eigenvalue weighted by molar-refractivity contribution is 5.94. The molecule has 0 aliphatic rings. The molecule has 0 saturated carbocycles. The van der Waals surface area contributed by atoms with Crippen LogP contribution in [0.25, 0.3) is 0 Å². The second kappa shape index (κ2) is 5.79. The Morgan fingerprint density at radius 3 is 2.32 bits per heavy atom. The van der Waals surface area contributed by atoms with Gasteiger partial charge in [0.1, 0.15) is 0 Å². The molecule has 1 rings (SSSR count). The average molecular weight is 265 g/mol. The summed E-state index contributed by atoms with van der Waals surface area (Å²) in [5, 5.41) is 10.5. The van der Waals surface area contributed by atoms with Gasteiger partial charge in [0.05, 0.1) is 4.92 Å². The van der Waals surface area contributed by atoms with Crippen molar-refractivity contribution in [3.8, 4) is 0 Å². The average Bonchev–Trinajstić information content (AvgIpc) is 2.37. The summed E-state index contributed by atoms with van der Waals surface area (Å²) in [6.07, 6.45) is 0. The lowest BCUT2D eigenvalue weighted by Gasteiger charge is -2.29. The summed E-state index contributed by atoms with van der Waals surface area (Å²) in [6, 6.07) is 5.59. The van der Waals surface area contributed by atoms with Gasteiger partial charge in [-0.05, 0) is 24.1 Å². The minimum atomic E-state index is -0.491. The highest BCUT2D eigenvalue weighted by Gasteiger charge is 2.22. The van der Waals surface area contributed by atoms with Gasteiger partial charge in [-0.15, -0.1) is 0 Å². The number of nitrogens with two attached hydrogens (primary N) is 1. The number of nitrogens with zero attached hydrogens (tertiary/aromatic N) is 2. The minimum Gasteiger partial charge on any atom is -0.341 e. The minimum absolute atomic E-state index is 0.0264. The van der Waals surface area contributed by atoms with E-state index in [4.69, 9.17) is 5.73 Å². The largest absolute Gasteiger partial charge is 0.341 e. The summed E-state index contributed by atoms with van der Waals surface area (Å²) in [5.74, 6) is -0.170. The van der Waals surface area contributed by atoms with Crippen LogP contribution in [0.15, 0.2) is 24.3 Å². The maximum Gasteiger partial charge on any atom is 0.269 e. The van der Waals surface area contributed by atoms with Crippen LogP contribution in [0.3, 0.4) is 0 Å². The van der Waals surface area contributed by atoms with Crippen molar-refractivity contribution >= 4 is 11.6 Å². The molecule has 19 heavy (non-hydrogen) atoms. The van der Waals surface area contributed by atoms with Crippen molar-refractivity contribution in [1.82, 2.24) is 4.90 Å². The van der Waals surface area contributed by atoms with Crippen molar-refractivity contribution in [2.75, 3.05) is 20.1 Å². The van der Waals surface area contributed by atoms with Crippen molar-refractivity contribution in [3.63, 3.8) is 0 Å².